The second kappa shape index (κ2) is 6.74. The fourth-order valence-electron chi connectivity index (χ4n) is 2.22. The molecule has 0 aliphatic carbocycles. The fourth-order valence-corrected chi connectivity index (χ4v) is 2.22. The highest BCUT2D eigenvalue weighted by Crippen LogP contribution is 2.28. The molecule has 5 heteroatoms. The number of methoxy groups -OCH3 is 2. The third-order valence-corrected chi connectivity index (χ3v) is 3.37. The van der Waals surface area contributed by atoms with Gasteiger partial charge in [-0.05, 0) is 35.4 Å². The van der Waals surface area contributed by atoms with Gasteiger partial charge in [0.25, 0.3) is 0 Å². The summed E-state index contributed by atoms with van der Waals surface area (Å²) in [6, 6.07) is 14.7. The van der Waals surface area contributed by atoms with E-state index in [4.69, 9.17) is 9.47 Å². The Morgan fingerprint density at radius 2 is 1.29 bits per heavy atom. The van der Waals surface area contributed by atoms with Gasteiger partial charge in [-0.1, -0.05) is 24.3 Å². The second-order valence-electron chi connectivity index (χ2n) is 4.61. The second-order valence-corrected chi connectivity index (χ2v) is 4.61. The van der Waals surface area contributed by atoms with Crippen LogP contribution in [-0.4, -0.2) is 25.7 Å². The molecular formula is C16H17NO4. The lowest BCUT2D eigenvalue weighted by Crippen LogP contribution is -2.13. The highest BCUT2D eigenvalue weighted by Gasteiger charge is 2.20. The van der Waals surface area contributed by atoms with Gasteiger partial charge in [0.05, 0.1) is 20.1 Å². The molecule has 2 aromatic rings. The smallest absolute Gasteiger partial charge is 0.214 e. The van der Waals surface area contributed by atoms with E-state index in [0.717, 1.165) is 22.6 Å². The van der Waals surface area contributed by atoms with Crippen LogP contribution in [0.15, 0.2) is 48.5 Å². The van der Waals surface area contributed by atoms with E-state index in [0.29, 0.717) is 0 Å². The van der Waals surface area contributed by atoms with Gasteiger partial charge in [0, 0.05) is 4.92 Å². The van der Waals surface area contributed by atoms with Crippen LogP contribution in [0.4, 0.5) is 0 Å². The predicted octanol–water partition coefficient (Wildman–Crippen LogP) is 3.11. The van der Waals surface area contributed by atoms with Crippen LogP contribution in [0.1, 0.15) is 17.0 Å². The van der Waals surface area contributed by atoms with Crippen molar-refractivity contribution in [3.05, 3.63) is 69.8 Å². The Bertz CT molecular complexity index is 545. The van der Waals surface area contributed by atoms with Gasteiger partial charge in [-0.3, -0.25) is 10.1 Å². The van der Waals surface area contributed by atoms with E-state index in [1.165, 1.54) is 0 Å². The van der Waals surface area contributed by atoms with Crippen molar-refractivity contribution >= 4 is 0 Å². The third kappa shape index (κ3) is 3.72. The monoisotopic (exact) mass is 287 g/mol. The lowest BCUT2D eigenvalue weighted by molar-refractivity contribution is -0.481. The van der Waals surface area contributed by atoms with Crippen molar-refractivity contribution in [1.82, 2.24) is 0 Å². The summed E-state index contributed by atoms with van der Waals surface area (Å²) >= 11 is 0. The van der Waals surface area contributed by atoms with Gasteiger partial charge >= 0.3 is 0 Å². The highest BCUT2D eigenvalue weighted by atomic mass is 16.6. The summed E-state index contributed by atoms with van der Waals surface area (Å²) in [5.41, 5.74) is 1.77. The van der Waals surface area contributed by atoms with Crippen LogP contribution in [0.5, 0.6) is 11.5 Å². The molecule has 0 unspecified atom stereocenters. The summed E-state index contributed by atoms with van der Waals surface area (Å²) in [5, 5.41) is 11.0. The molecule has 0 radical (unpaired) electrons. The fraction of sp³-hybridized carbons (Fsp3) is 0.250. The summed E-state index contributed by atoms with van der Waals surface area (Å²) < 4.78 is 10.2. The lowest BCUT2D eigenvalue weighted by Gasteiger charge is -2.15. The molecule has 2 rings (SSSR count). The van der Waals surface area contributed by atoms with Crippen molar-refractivity contribution in [2.45, 2.75) is 5.92 Å². The maximum atomic E-state index is 11.0. The Morgan fingerprint density at radius 1 is 0.905 bits per heavy atom. The Morgan fingerprint density at radius 3 is 1.57 bits per heavy atom. The molecule has 0 aromatic heterocycles. The molecule has 2 aromatic carbocycles. The van der Waals surface area contributed by atoms with Gasteiger partial charge in [-0.25, -0.2) is 0 Å². The van der Waals surface area contributed by atoms with Gasteiger partial charge in [0.2, 0.25) is 6.54 Å². The minimum absolute atomic E-state index is 0.154. The van der Waals surface area contributed by atoms with E-state index in [1.807, 2.05) is 48.5 Å². The average molecular weight is 287 g/mol. The number of ether oxygens (including phenoxy) is 2. The van der Waals surface area contributed by atoms with Gasteiger partial charge < -0.3 is 9.47 Å². The standard InChI is InChI=1S/C16H17NO4/c1-20-14-7-3-12(4-8-14)16(11-17(18)19)13-5-9-15(21-2)10-6-13/h3-10,16H,11H2,1-2H3. The van der Waals surface area contributed by atoms with E-state index >= 15 is 0 Å². The Hall–Kier alpha value is -2.56. The van der Waals surface area contributed by atoms with Crippen LogP contribution in [0.2, 0.25) is 0 Å². The molecular weight excluding hydrogens is 270 g/mol. The molecule has 0 saturated carbocycles. The molecule has 0 saturated heterocycles. The molecule has 0 aliphatic heterocycles. The molecule has 0 bridgehead atoms. The van der Waals surface area contributed by atoms with Crippen LogP contribution in [0.3, 0.4) is 0 Å². The van der Waals surface area contributed by atoms with Crippen molar-refractivity contribution in [3.8, 4) is 11.5 Å². The van der Waals surface area contributed by atoms with Crippen molar-refractivity contribution in [2.24, 2.45) is 0 Å². The normalized spacial score (nSPS) is 10.4. The molecule has 0 aliphatic rings. The first-order chi connectivity index (χ1) is 10.1. The predicted molar refractivity (Wildman–Crippen MR) is 79.7 cm³/mol. The van der Waals surface area contributed by atoms with Crippen LogP contribution in [0.25, 0.3) is 0 Å². The van der Waals surface area contributed by atoms with Crippen molar-refractivity contribution in [1.29, 1.82) is 0 Å². The third-order valence-electron chi connectivity index (χ3n) is 3.37. The maximum absolute atomic E-state index is 11.0. The quantitative estimate of drug-likeness (QED) is 0.605. The number of nitro groups is 1. The van der Waals surface area contributed by atoms with E-state index in [9.17, 15) is 10.1 Å². The molecule has 0 spiro atoms. The summed E-state index contributed by atoms with van der Waals surface area (Å²) in [4.78, 5) is 10.7. The van der Waals surface area contributed by atoms with Crippen LogP contribution in [-0.2, 0) is 0 Å². The molecule has 0 fully saturated rings. The summed E-state index contributed by atoms with van der Waals surface area (Å²) in [5.74, 6) is 1.17. The van der Waals surface area contributed by atoms with Gasteiger partial charge in [0.15, 0.2) is 0 Å². The maximum Gasteiger partial charge on any atom is 0.214 e. The van der Waals surface area contributed by atoms with E-state index in [-0.39, 0.29) is 17.4 Å². The number of benzene rings is 2. The van der Waals surface area contributed by atoms with Crippen molar-refractivity contribution < 1.29 is 14.4 Å². The lowest BCUT2D eigenvalue weighted by atomic mass is 9.91. The molecule has 21 heavy (non-hydrogen) atoms. The summed E-state index contributed by atoms with van der Waals surface area (Å²) in [6.45, 7) is -0.154. The number of rotatable bonds is 6. The zero-order chi connectivity index (χ0) is 15.2. The Kier molecular flexibility index (Phi) is 4.77. The summed E-state index contributed by atoms with van der Waals surface area (Å²) in [6.07, 6.45) is 0. The molecule has 110 valence electrons. The molecule has 0 heterocycles. The molecule has 0 N–H and O–H groups in total. The Balaban J connectivity index is 2.33. The highest BCUT2D eigenvalue weighted by molar-refractivity contribution is 5.38. The first kappa shape index (κ1) is 14.8. The minimum Gasteiger partial charge on any atom is -0.497 e. The van der Waals surface area contributed by atoms with E-state index < -0.39 is 0 Å². The Labute approximate surface area is 123 Å². The zero-order valence-electron chi connectivity index (χ0n) is 12.0. The minimum atomic E-state index is -0.295. The largest absolute Gasteiger partial charge is 0.497 e. The number of nitrogens with zero attached hydrogens (tertiary/aromatic N) is 1. The number of hydrogen-bond donors (Lipinski definition) is 0. The van der Waals surface area contributed by atoms with E-state index in [2.05, 4.69) is 0 Å². The van der Waals surface area contributed by atoms with E-state index in [1.54, 1.807) is 14.2 Å². The van der Waals surface area contributed by atoms with Gasteiger partial charge in [0.1, 0.15) is 11.5 Å². The van der Waals surface area contributed by atoms with Gasteiger partial charge in [-0.2, -0.15) is 0 Å². The van der Waals surface area contributed by atoms with Crippen molar-refractivity contribution in [3.63, 3.8) is 0 Å². The molecule has 0 atom stereocenters. The number of hydrogen-bond acceptors (Lipinski definition) is 4. The SMILES string of the molecule is COc1ccc(C(C[N+](=O)[O-])c2ccc(OC)cc2)cc1. The van der Waals surface area contributed by atoms with Crippen LogP contribution >= 0.6 is 0 Å². The van der Waals surface area contributed by atoms with Crippen LogP contribution < -0.4 is 9.47 Å². The average Bonchev–Trinajstić information content (AvgIpc) is 2.53. The molecule has 5 nitrogen and oxygen atoms in total. The first-order valence-corrected chi connectivity index (χ1v) is 6.53. The van der Waals surface area contributed by atoms with Crippen LogP contribution in [0, 0.1) is 10.1 Å². The molecule has 0 amide bonds. The zero-order valence-corrected chi connectivity index (χ0v) is 12.0. The van der Waals surface area contributed by atoms with Crippen molar-refractivity contribution in [2.75, 3.05) is 20.8 Å². The summed E-state index contributed by atoms with van der Waals surface area (Å²) in [7, 11) is 3.18. The van der Waals surface area contributed by atoms with Gasteiger partial charge in [-0.15, -0.1) is 0 Å². The first-order valence-electron chi connectivity index (χ1n) is 6.53. The topological polar surface area (TPSA) is 61.6 Å².